The number of hydrogen-bond acceptors (Lipinski definition) is 2. The third-order valence-electron chi connectivity index (χ3n) is 1.95. The monoisotopic (exact) mass is 185 g/mol. The lowest BCUT2D eigenvalue weighted by Crippen LogP contribution is -2.28. The molecule has 0 aromatic carbocycles. The number of thioether (sulfide) groups is 1. The van der Waals surface area contributed by atoms with Gasteiger partial charge in [0.25, 0.3) is 0 Å². The molecule has 0 heterocycles. The molecule has 2 heteroatoms. The van der Waals surface area contributed by atoms with Crippen LogP contribution >= 0.6 is 11.8 Å². The van der Waals surface area contributed by atoms with E-state index in [1.807, 2.05) is 11.8 Å². The lowest BCUT2D eigenvalue weighted by Gasteiger charge is -2.12. The van der Waals surface area contributed by atoms with Gasteiger partial charge in [0.2, 0.25) is 0 Å². The number of hydrogen-bond donors (Lipinski definition) is 1. The quantitative estimate of drug-likeness (QED) is 0.636. The van der Waals surface area contributed by atoms with Crippen LogP contribution in [0, 0.1) is 12.3 Å². The molecular weight excluding hydrogens is 166 g/mol. The molecule has 0 aromatic heterocycles. The molecule has 0 aliphatic heterocycles. The van der Waals surface area contributed by atoms with Crippen LogP contribution in [0.25, 0.3) is 0 Å². The fourth-order valence-electron chi connectivity index (χ4n) is 0.900. The Morgan fingerprint density at radius 3 is 2.67 bits per heavy atom. The maximum absolute atomic E-state index is 5.31. The minimum atomic E-state index is 0.263. The lowest BCUT2D eigenvalue weighted by atomic mass is 10.2. The fourth-order valence-corrected chi connectivity index (χ4v) is 1.25. The Balaban J connectivity index is 3.36. The smallest absolute Gasteiger partial charge is 0.0684 e. The molecule has 0 aromatic rings. The highest BCUT2D eigenvalue weighted by Gasteiger charge is 2.02. The summed E-state index contributed by atoms with van der Waals surface area (Å²) in [7, 11) is 0. The SMILES string of the molecule is C#CC(CC)NCCC(C)SC. The van der Waals surface area contributed by atoms with E-state index in [9.17, 15) is 0 Å². The van der Waals surface area contributed by atoms with Gasteiger partial charge in [0.05, 0.1) is 6.04 Å². The molecule has 70 valence electrons. The van der Waals surface area contributed by atoms with Gasteiger partial charge >= 0.3 is 0 Å². The van der Waals surface area contributed by atoms with E-state index in [-0.39, 0.29) is 6.04 Å². The summed E-state index contributed by atoms with van der Waals surface area (Å²) in [5.41, 5.74) is 0. The second-order valence-corrected chi connectivity index (χ2v) is 4.19. The van der Waals surface area contributed by atoms with Gasteiger partial charge in [0.15, 0.2) is 0 Å². The molecule has 0 fully saturated rings. The van der Waals surface area contributed by atoms with Crippen molar-refractivity contribution < 1.29 is 0 Å². The van der Waals surface area contributed by atoms with E-state index in [0.29, 0.717) is 0 Å². The van der Waals surface area contributed by atoms with Crippen LogP contribution in [0.4, 0.5) is 0 Å². The van der Waals surface area contributed by atoms with E-state index >= 15 is 0 Å². The van der Waals surface area contributed by atoms with Gasteiger partial charge in [-0.25, -0.2) is 0 Å². The highest BCUT2D eigenvalue weighted by atomic mass is 32.2. The van der Waals surface area contributed by atoms with E-state index in [4.69, 9.17) is 6.42 Å². The van der Waals surface area contributed by atoms with Crippen molar-refractivity contribution in [2.45, 2.75) is 38.0 Å². The number of terminal acetylenes is 1. The molecule has 0 aliphatic carbocycles. The Labute approximate surface area is 80.7 Å². The molecular formula is C10H19NS. The predicted octanol–water partition coefficient (Wildman–Crippen LogP) is 2.13. The van der Waals surface area contributed by atoms with Crippen LogP contribution in [-0.4, -0.2) is 24.1 Å². The molecule has 0 radical (unpaired) electrons. The number of nitrogens with one attached hydrogen (secondary N) is 1. The van der Waals surface area contributed by atoms with Gasteiger partial charge in [-0.3, -0.25) is 0 Å². The molecule has 2 atom stereocenters. The van der Waals surface area contributed by atoms with Crippen LogP contribution in [-0.2, 0) is 0 Å². The predicted molar refractivity (Wildman–Crippen MR) is 58.5 cm³/mol. The van der Waals surface area contributed by atoms with Crippen molar-refractivity contribution in [2.24, 2.45) is 0 Å². The van der Waals surface area contributed by atoms with Crippen molar-refractivity contribution in [3.8, 4) is 12.3 Å². The summed E-state index contributed by atoms with van der Waals surface area (Å²) in [5, 5.41) is 4.06. The highest BCUT2D eigenvalue weighted by Crippen LogP contribution is 2.08. The first kappa shape index (κ1) is 11.9. The third-order valence-corrected chi connectivity index (χ3v) is 2.99. The summed E-state index contributed by atoms with van der Waals surface area (Å²) < 4.78 is 0. The van der Waals surface area contributed by atoms with Crippen LogP contribution in [0.3, 0.4) is 0 Å². The normalized spacial score (nSPS) is 15.2. The maximum Gasteiger partial charge on any atom is 0.0684 e. The van der Waals surface area contributed by atoms with Crippen LogP contribution in [0.5, 0.6) is 0 Å². The highest BCUT2D eigenvalue weighted by molar-refractivity contribution is 7.99. The fraction of sp³-hybridized carbons (Fsp3) is 0.800. The molecule has 1 N–H and O–H groups in total. The van der Waals surface area contributed by atoms with E-state index in [2.05, 4.69) is 31.3 Å². The van der Waals surface area contributed by atoms with Crippen molar-refractivity contribution in [2.75, 3.05) is 12.8 Å². The molecule has 0 saturated carbocycles. The van der Waals surface area contributed by atoms with E-state index in [0.717, 1.165) is 18.2 Å². The standard InChI is InChI=1S/C10H19NS/c1-5-10(6-2)11-8-7-9(3)12-4/h1,9-11H,6-8H2,2-4H3. The van der Waals surface area contributed by atoms with Crippen molar-refractivity contribution in [3.05, 3.63) is 0 Å². The van der Waals surface area contributed by atoms with Gasteiger partial charge in [-0.05, 0) is 25.6 Å². The van der Waals surface area contributed by atoms with Gasteiger partial charge in [-0.2, -0.15) is 11.8 Å². The van der Waals surface area contributed by atoms with Gasteiger partial charge in [-0.1, -0.05) is 19.8 Å². The molecule has 12 heavy (non-hydrogen) atoms. The molecule has 1 nitrogen and oxygen atoms in total. The van der Waals surface area contributed by atoms with Gasteiger partial charge in [0.1, 0.15) is 0 Å². The Morgan fingerprint density at radius 1 is 1.58 bits per heavy atom. The molecule has 2 unspecified atom stereocenters. The van der Waals surface area contributed by atoms with E-state index in [1.165, 1.54) is 6.42 Å². The summed E-state index contributed by atoms with van der Waals surface area (Å²) in [6.07, 6.45) is 9.67. The van der Waals surface area contributed by atoms with E-state index < -0.39 is 0 Å². The summed E-state index contributed by atoms with van der Waals surface area (Å²) in [4.78, 5) is 0. The molecule has 0 rings (SSSR count). The first-order valence-corrected chi connectivity index (χ1v) is 5.75. The molecule has 0 amide bonds. The van der Waals surface area contributed by atoms with E-state index in [1.54, 1.807) is 0 Å². The lowest BCUT2D eigenvalue weighted by molar-refractivity contribution is 0.574. The summed E-state index contributed by atoms with van der Waals surface area (Å²) >= 11 is 1.90. The minimum absolute atomic E-state index is 0.263. The zero-order chi connectivity index (χ0) is 9.40. The largest absolute Gasteiger partial charge is 0.304 e. The second kappa shape index (κ2) is 7.52. The first-order valence-electron chi connectivity index (χ1n) is 4.46. The number of rotatable bonds is 6. The average molecular weight is 185 g/mol. The van der Waals surface area contributed by atoms with Crippen molar-refractivity contribution >= 4 is 11.8 Å². The third kappa shape index (κ3) is 5.51. The molecule has 0 aliphatic rings. The van der Waals surface area contributed by atoms with Gasteiger partial charge in [0, 0.05) is 5.25 Å². The first-order chi connectivity index (χ1) is 5.74. The van der Waals surface area contributed by atoms with Crippen LogP contribution in [0.15, 0.2) is 0 Å². The minimum Gasteiger partial charge on any atom is -0.304 e. The molecule has 0 spiro atoms. The van der Waals surface area contributed by atoms with Crippen molar-refractivity contribution in [1.82, 2.24) is 5.32 Å². The Hall–Kier alpha value is -0.130. The van der Waals surface area contributed by atoms with Crippen molar-refractivity contribution in [1.29, 1.82) is 0 Å². The maximum atomic E-state index is 5.31. The molecule has 0 saturated heterocycles. The van der Waals surface area contributed by atoms with Crippen LogP contribution in [0.1, 0.15) is 26.7 Å². The average Bonchev–Trinajstić information content (AvgIpc) is 2.12. The molecule has 0 bridgehead atoms. The Morgan fingerprint density at radius 2 is 2.25 bits per heavy atom. The summed E-state index contributed by atoms with van der Waals surface area (Å²) in [6.45, 7) is 5.38. The Bertz CT molecular complexity index is 139. The zero-order valence-electron chi connectivity index (χ0n) is 8.26. The van der Waals surface area contributed by atoms with Crippen molar-refractivity contribution in [3.63, 3.8) is 0 Å². The summed E-state index contributed by atoms with van der Waals surface area (Å²) in [5.74, 6) is 2.73. The van der Waals surface area contributed by atoms with Gasteiger partial charge < -0.3 is 5.32 Å². The summed E-state index contributed by atoms with van der Waals surface area (Å²) in [6, 6.07) is 0.263. The Kier molecular flexibility index (Phi) is 7.43. The zero-order valence-corrected chi connectivity index (χ0v) is 9.08. The van der Waals surface area contributed by atoms with Crippen LogP contribution in [0.2, 0.25) is 0 Å². The second-order valence-electron chi connectivity index (χ2n) is 2.92. The van der Waals surface area contributed by atoms with Gasteiger partial charge in [-0.15, -0.1) is 6.42 Å². The van der Waals surface area contributed by atoms with Crippen LogP contribution < -0.4 is 5.32 Å². The topological polar surface area (TPSA) is 12.0 Å².